The summed E-state index contributed by atoms with van der Waals surface area (Å²) in [5.41, 5.74) is 0.217. The molecule has 0 aliphatic carbocycles. The number of ether oxygens (including phenoxy) is 1. The van der Waals surface area contributed by atoms with E-state index < -0.39 is 17.2 Å². The quantitative estimate of drug-likeness (QED) is 0.616. The van der Waals surface area contributed by atoms with Crippen LogP contribution in [0.1, 0.15) is 27.7 Å². The number of esters is 1. The number of aliphatic hydroxyl groups excluding tert-OH is 1. The highest BCUT2D eigenvalue weighted by Gasteiger charge is 2.23. The second-order valence-electron chi connectivity index (χ2n) is 6.13. The summed E-state index contributed by atoms with van der Waals surface area (Å²) in [6.07, 6.45) is 0. The Morgan fingerprint density at radius 1 is 1.21 bits per heavy atom. The molecule has 2 aromatic heterocycles. The smallest absolute Gasteiger partial charge is 0.348 e. The predicted molar refractivity (Wildman–Crippen MR) is 109 cm³/mol. The first-order chi connectivity index (χ1) is 13.4. The molecule has 0 aliphatic heterocycles. The van der Waals surface area contributed by atoms with E-state index in [0.717, 1.165) is 21.5 Å². The summed E-state index contributed by atoms with van der Waals surface area (Å²) in [5, 5.41) is 10.1. The molecule has 9 heteroatoms. The minimum atomic E-state index is -0.543. The number of benzene rings is 1. The molecule has 0 atom stereocenters. The lowest BCUT2D eigenvalue weighted by atomic mass is 10.2. The van der Waals surface area contributed by atoms with E-state index in [1.165, 1.54) is 4.57 Å². The van der Waals surface area contributed by atoms with Gasteiger partial charge in [-0.3, -0.25) is 13.9 Å². The molecule has 0 aliphatic rings. The summed E-state index contributed by atoms with van der Waals surface area (Å²) in [7, 11) is 0. The maximum Gasteiger partial charge on any atom is 0.348 e. The van der Waals surface area contributed by atoms with Gasteiger partial charge in [0.05, 0.1) is 31.7 Å². The van der Waals surface area contributed by atoms with Gasteiger partial charge in [0.1, 0.15) is 9.71 Å². The van der Waals surface area contributed by atoms with Gasteiger partial charge in [0.15, 0.2) is 0 Å². The van der Waals surface area contributed by atoms with Crippen LogP contribution in [0.25, 0.3) is 10.2 Å². The predicted octanol–water partition coefficient (Wildman–Crippen LogP) is 2.40. The highest BCUT2D eigenvalue weighted by Crippen LogP contribution is 2.29. The van der Waals surface area contributed by atoms with Crippen molar-refractivity contribution in [3.8, 4) is 0 Å². The number of carbonyl (C=O) groups excluding carboxylic acids is 1. The Hall–Kier alpha value is -2.42. The molecular weight excluding hydrogens is 404 g/mol. The van der Waals surface area contributed by atoms with E-state index in [-0.39, 0.29) is 31.7 Å². The van der Waals surface area contributed by atoms with Gasteiger partial charge < -0.3 is 9.84 Å². The summed E-state index contributed by atoms with van der Waals surface area (Å²) in [6.45, 7) is 3.28. The molecule has 3 rings (SSSR count). The standard InChI is InChI=1S/C19H19ClN2O5S/c1-3-27-18(25)15-11(2)14-16(24)21(8-9-23)19(26)22(17(14)28-15)10-12-4-6-13(20)7-5-12/h4-7,23H,3,8-10H2,1-2H3. The third-order valence-electron chi connectivity index (χ3n) is 4.33. The van der Waals surface area contributed by atoms with Gasteiger partial charge in [-0.15, -0.1) is 11.3 Å². The minimum absolute atomic E-state index is 0.127. The molecule has 0 saturated carbocycles. The van der Waals surface area contributed by atoms with Crippen molar-refractivity contribution < 1.29 is 14.6 Å². The van der Waals surface area contributed by atoms with Gasteiger partial charge in [0.2, 0.25) is 0 Å². The number of rotatable bonds is 6. The molecule has 7 nitrogen and oxygen atoms in total. The van der Waals surface area contributed by atoms with E-state index in [1.54, 1.807) is 38.1 Å². The lowest BCUT2D eigenvalue weighted by Crippen LogP contribution is -2.40. The number of thiophene rings is 1. The maximum absolute atomic E-state index is 13.0. The molecule has 0 amide bonds. The number of hydrogen-bond donors (Lipinski definition) is 1. The van der Waals surface area contributed by atoms with Crippen molar-refractivity contribution in [1.82, 2.24) is 9.13 Å². The van der Waals surface area contributed by atoms with Crippen molar-refractivity contribution in [3.63, 3.8) is 0 Å². The average Bonchev–Trinajstić information content (AvgIpc) is 3.01. The Bertz CT molecular complexity index is 1140. The van der Waals surface area contributed by atoms with E-state index in [2.05, 4.69) is 0 Å². The van der Waals surface area contributed by atoms with Gasteiger partial charge in [0, 0.05) is 5.02 Å². The molecule has 28 heavy (non-hydrogen) atoms. The molecule has 0 unspecified atom stereocenters. The number of carbonyl (C=O) groups is 1. The van der Waals surface area contributed by atoms with Crippen LogP contribution in [0.5, 0.6) is 0 Å². The van der Waals surface area contributed by atoms with Gasteiger partial charge >= 0.3 is 11.7 Å². The molecule has 1 aromatic carbocycles. The number of aliphatic hydroxyl groups is 1. The van der Waals surface area contributed by atoms with Crippen molar-refractivity contribution in [3.05, 3.63) is 66.1 Å². The number of nitrogens with zero attached hydrogens (tertiary/aromatic N) is 2. The Morgan fingerprint density at radius 3 is 2.50 bits per heavy atom. The fourth-order valence-electron chi connectivity index (χ4n) is 2.99. The molecular formula is C19H19ClN2O5S. The first kappa shape index (κ1) is 20.3. The van der Waals surface area contributed by atoms with E-state index in [4.69, 9.17) is 16.3 Å². The number of halogens is 1. The third-order valence-corrected chi connectivity index (χ3v) is 5.88. The van der Waals surface area contributed by atoms with Crippen LogP contribution in [0, 0.1) is 6.92 Å². The Balaban J connectivity index is 2.29. The fraction of sp³-hybridized carbons (Fsp3) is 0.316. The number of hydrogen-bond acceptors (Lipinski definition) is 6. The van der Waals surface area contributed by atoms with Crippen LogP contribution >= 0.6 is 22.9 Å². The molecule has 2 heterocycles. The number of fused-ring (bicyclic) bond motifs is 1. The van der Waals surface area contributed by atoms with Crippen molar-refractivity contribution >= 4 is 39.1 Å². The largest absolute Gasteiger partial charge is 0.462 e. The van der Waals surface area contributed by atoms with E-state index in [9.17, 15) is 19.5 Å². The lowest BCUT2D eigenvalue weighted by Gasteiger charge is -2.11. The second-order valence-corrected chi connectivity index (χ2v) is 7.57. The zero-order valence-corrected chi connectivity index (χ0v) is 17.0. The van der Waals surface area contributed by atoms with Crippen LogP contribution in [-0.4, -0.2) is 33.4 Å². The van der Waals surface area contributed by atoms with Gasteiger partial charge in [0.25, 0.3) is 5.56 Å². The number of aromatic nitrogens is 2. The monoisotopic (exact) mass is 422 g/mol. The molecule has 0 bridgehead atoms. The van der Waals surface area contributed by atoms with E-state index >= 15 is 0 Å². The molecule has 3 aromatic rings. The highest BCUT2D eigenvalue weighted by molar-refractivity contribution is 7.20. The van der Waals surface area contributed by atoms with Gasteiger partial charge in [-0.05, 0) is 37.1 Å². The minimum Gasteiger partial charge on any atom is -0.462 e. The van der Waals surface area contributed by atoms with Crippen molar-refractivity contribution in [2.75, 3.05) is 13.2 Å². The SMILES string of the molecule is CCOC(=O)c1sc2c(c1C)c(=O)n(CCO)c(=O)n2Cc1ccc(Cl)cc1. The molecule has 0 spiro atoms. The van der Waals surface area contributed by atoms with Crippen LogP contribution in [0.3, 0.4) is 0 Å². The topological polar surface area (TPSA) is 90.5 Å². The van der Waals surface area contributed by atoms with Crippen LogP contribution in [0.15, 0.2) is 33.9 Å². The average molecular weight is 423 g/mol. The maximum atomic E-state index is 13.0. The summed E-state index contributed by atoms with van der Waals surface area (Å²) >= 11 is 6.99. The van der Waals surface area contributed by atoms with Crippen molar-refractivity contribution in [2.24, 2.45) is 0 Å². The van der Waals surface area contributed by atoms with Crippen molar-refractivity contribution in [1.29, 1.82) is 0 Å². The van der Waals surface area contributed by atoms with Crippen LogP contribution in [0.2, 0.25) is 5.02 Å². The van der Waals surface area contributed by atoms with Gasteiger partial charge in [-0.1, -0.05) is 23.7 Å². The Morgan fingerprint density at radius 2 is 1.89 bits per heavy atom. The zero-order chi connectivity index (χ0) is 20.4. The Kier molecular flexibility index (Phi) is 6.02. The summed E-state index contributed by atoms with van der Waals surface area (Å²) < 4.78 is 7.51. The zero-order valence-electron chi connectivity index (χ0n) is 15.4. The number of aryl methyl sites for hydroxylation is 1. The van der Waals surface area contributed by atoms with E-state index in [0.29, 0.717) is 20.3 Å². The summed E-state index contributed by atoms with van der Waals surface area (Å²) in [5.74, 6) is -0.528. The molecule has 0 fully saturated rings. The normalized spacial score (nSPS) is 11.1. The molecule has 0 saturated heterocycles. The molecule has 0 radical (unpaired) electrons. The van der Waals surface area contributed by atoms with E-state index in [1.807, 2.05) is 0 Å². The van der Waals surface area contributed by atoms with Crippen molar-refractivity contribution in [2.45, 2.75) is 26.9 Å². The molecule has 1 N–H and O–H groups in total. The molecule has 148 valence electrons. The van der Waals surface area contributed by atoms with Crippen LogP contribution in [-0.2, 0) is 17.8 Å². The van der Waals surface area contributed by atoms with Gasteiger partial charge in [-0.25, -0.2) is 9.59 Å². The summed E-state index contributed by atoms with van der Waals surface area (Å²) in [6, 6.07) is 7.00. The fourth-order valence-corrected chi connectivity index (χ4v) is 4.31. The van der Waals surface area contributed by atoms with Crippen LogP contribution < -0.4 is 11.2 Å². The Labute approximate surface area is 169 Å². The first-order valence-electron chi connectivity index (χ1n) is 8.68. The highest BCUT2D eigenvalue weighted by atomic mass is 35.5. The summed E-state index contributed by atoms with van der Waals surface area (Å²) in [4.78, 5) is 38.8. The third kappa shape index (κ3) is 3.63. The van der Waals surface area contributed by atoms with Crippen LogP contribution in [0.4, 0.5) is 0 Å². The first-order valence-corrected chi connectivity index (χ1v) is 9.87. The van der Waals surface area contributed by atoms with Gasteiger partial charge in [-0.2, -0.15) is 0 Å². The second kappa shape index (κ2) is 8.30. The lowest BCUT2D eigenvalue weighted by molar-refractivity contribution is 0.0531.